The van der Waals surface area contributed by atoms with Crippen molar-refractivity contribution in [1.29, 1.82) is 0 Å². The number of hydrogen-bond acceptors (Lipinski definition) is 4. The van der Waals surface area contributed by atoms with Crippen molar-refractivity contribution in [3.05, 3.63) is 24.3 Å². The summed E-state index contributed by atoms with van der Waals surface area (Å²) in [6.07, 6.45) is -0.485. The third-order valence-electron chi connectivity index (χ3n) is 2.14. The van der Waals surface area contributed by atoms with Crippen LogP contribution >= 0.6 is 0 Å². The van der Waals surface area contributed by atoms with Crippen LogP contribution in [0.1, 0.15) is 20.8 Å². The predicted molar refractivity (Wildman–Crippen MR) is 71.5 cm³/mol. The van der Waals surface area contributed by atoms with Gasteiger partial charge in [-0.1, -0.05) is 0 Å². The SMILES string of the molecule is CC(C)(C)OC(=O)N(CCO)c1ccc(N)cc1. The number of benzene rings is 1. The van der Waals surface area contributed by atoms with Crippen LogP contribution in [-0.4, -0.2) is 30.0 Å². The van der Waals surface area contributed by atoms with Gasteiger partial charge in [-0.2, -0.15) is 0 Å². The minimum atomic E-state index is -0.571. The minimum absolute atomic E-state index is 0.135. The van der Waals surface area contributed by atoms with Gasteiger partial charge in [0.1, 0.15) is 5.60 Å². The zero-order chi connectivity index (χ0) is 13.8. The lowest BCUT2D eigenvalue weighted by Crippen LogP contribution is -2.38. The molecule has 0 unspecified atom stereocenters. The van der Waals surface area contributed by atoms with Gasteiger partial charge >= 0.3 is 6.09 Å². The van der Waals surface area contributed by atoms with Gasteiger partial charge in [-0.25, -0.2) is 4.79 Å². The number of nitrogens with zero attached hydrogens (tertiary/aromatic N) is 1. The molecule has 18 heavy (non-hydrogen) atoms. The summed E-state index contributed by atoms with van der Waals surface area (Å²) in [7, 11) is 0. The molecule has 0 bridgehead atoms. The van der Waals surface area contributed by atoms with Crippen molar-refractivity contribution in [2.75, 3.05) is 23.8 Å². The molecule has 5 heteroatoms. The number of rotatable bonds is 3. The van der Waals surface area contributed by atoms with Gasteiger partial charge in [0.15, 0.2) is 0 Å². The van der Waals surface area contributed by atoms with Crippen LogP contribution in [0.2, 0.25) is 0 Å². The summed E-state index contributed by atoms with van der Waals surface area (Å²) in [4.78, 5) is 13.4. The molecule has 5 nitrogen and oxygen atoms in total. The van der Waals surface area contributed by atoms with Gasteiger partial charge in [-0.3, -0.25) is 4.90 Å². The second-order valence-electron chi connectivity index (χ2n) is 4.95. The highest BCUT2D eigenvalue weighted by atomic mass is 16.6. The standard InChI is InChI=1S/C13H20N2O3/c1-13(2,3)18-12(17)15(8-9-16)11-6-4-10(14)5-7-11/h4-7,16H,8-9,14H2,1-3H3. The molecule has 3 N–H and O–H groups in total. The molecule has 1 aromatic rings. The van der Waals surface area contributed by atoms with Crippen LogP contribution in [0.4, 0.5) is 16.2 Å². The predicted octanol–water partition coefficient (Wildman–Crippen LogP) is 2.00. The van der Waals surface area contributed by atoms with Gasteiger partial charge in [0.2, 0.25) is 0 Å². The maximum absolute atomic E-state index is 12.0. The Morgan fingerprint density at radius 3 is 2.33 bits per heavy atom. The van der Waals surface area contributed by atoms with E-state index < -0.39 is 11.7 Å². The van der Waals surface area contributed by atoms with Crippen molar-refractivity contribution >= 4 is 17.5 Å². The van der Waals surface area contributed by atoms with Crippen molar-refractivity contribution in [2.24, 2.45) is 0 Å². The Kier molecular flexibility index (Phi) is 4.55. The number of aliphatic hydroxyl groups is 1. The Labute approximate surface area is 107 Å². The van der Waals surface area contributed by atoms with Crippen molar-refractivity contribution in [1.82, 2.24) is 0 Å². The lowest BCUT2D eigenvalue weighted by Gasteiger charge is -2.27. The fraction of sp³-hybridized carbons (Fsp3) is 0.462. The molecular formula is C13H20N2O3. The third kappa shape index (κ3) is 4.25. The highest BCUT2D eigenvalue weighted by Gasteiger charge is 2.22. The average molecular weight is 252 g/mol. The molecule has 1 amide bonds. The molecule has 0 aliphatic heterocycles. The summed E-state index contributed by atoms with van der Waals surface area (Å²) in [5.41, 5.74) is 6.29. The average Bonchev–Trinajstić information content (AvgIpc) is 2.25. The number of ether oxygens (including phenoxy) is 1. The molecule has 0 atom stereocenters. The minimum Gasteiger partial charge on any atom is -0.443 e. The van der Waals surface area contributed by atoms with Crippen LogP contribution in [0.5, 0.6) is 0 Å². The van der Waals surface area contributed by atoms with E-state index in [4.69, 9.17) is 15.6 Å². The highest BCUT2D eigenvalue weighted by Crippen LogP contribution is 2.19. The fourth-order valence-corrected chi connectivity index (χ4v) is 1.40. The van der Waals surface area contributed by atoms with Gasteiger partial charge in [0.05, 0.1) is 13.2 Å². The first-order valence-corrected chi connectivity index (χ1v) is 5.80. The second-order valence-corrected chi connectivity index (χ2v) is 4.95. The van der Waals surface area contributed by atoms with E-state index >= 15 is 0 Å². The Balaban J connectivity index is 2.88. The summed E-state index contributed by atoms with van der Waals surface area (Å²) in [6.45, 7) is 5.43. The lowest BCUT2D eigenvalue weighted by atomic mass is 10.2. The first kappa shape index (κ1) is 14.3. The Bertz CT molecular complexity index is 396. The van der Waals surface area contributed by atoms with Gasteiger partial charge in [-0.05, 0) is 45.0 Å². The molecule has 0 saturated carbocycles. The molecule has 0 fully saturated rings. The Morgan fingerprint density at radius 1 is 1.33 bits per heavy atom. The molecule has 0 saturated heterocycles. The van der Waals surface area contributed by atoms with E-state index in [9.17, 15) is 4.79 Å². The number of carbonyl (C=O) groups is 1. The molecule has 100 valence electrons. The molecule has 0 heterocycles. The Morgan fingerprint density at radius 2 is 1.89 bits per heavy atom. The van der Waals surface area contributed by atoms with E-state index in [1.54, 1.807) is 45.0 Å². The smallest absolute Gasteiger partial charge is 0.414 e. The number of hydrogen-bond donors (Lipinski definition) is 2. The van der Waals surface area contributed by atoms with Crippen LogP contribution in [0, 0.1) is 0 Å². The van der Waals surface area contributed by atoms with Crippen LogP contribution in [-0.2, 0) is 4.74 Å². The summed E-state index contributed by atoms with van der Waals surface area (Å²) >= 11 is 0. The molecule has 0 aliphatic rings. The highest BCUT2D eigenvalue weighted by molar-refractivity contribution is 5.88. The monoisotopic (exact) mass is 252 g/mol. The first-order valence-electron chi connectivity index (χ1n) is 5.80. The largest absolute Gasteiger partial charge is 0.443 e. The summed E-state index contributed by atoms with van der Waals surface area (Å²) in [6, 6.07) is 6.83. The van der Waals surface area contributed by atoms with E-state index in [0.29, 0.717) is 11.4 Å². The number of anilines is 2. The van der Waals surface area contributed by atoms with E-state index in [-0.39, 0.29) is 13.2 Å². The quantitative estimate of drug-likeness (QED) is 0.807. The Hall–Kier alpha value is -1.75. The normalized spacial score (nSPS) is 11.1. The van der Waals surface area contributed by atoms with Gasteiger partial charge in [0.25, 0.3) is 0 Å². The first-order chi connectivity index (χ1) is 8.33. The van der Waals surface area contributed by atoms with Crippen molar-refractivity contribution in [3.63, 3.8) is 0 Å². The number of aliphatic hydroxyl groups excluding tert-OH is 1. The van der Waals surface area contributed by atoms with E-state index in [1.807, 2.05) is 0 Å². The van der Waals surface area contributed by atoms with Crippen molar-refractivity contribution < 1.29 is 14.6 Å². The van der Waals surface area contributed by atoms with E-state index in [2.05, 4.69) is 0 Å². The fourth-order valence-electron chi connectivity index (χ4n) is 1.40. The maximum atomic E-state index is 12.0. The van der Waals surface area contributed by atoms with E-state index in [1.165, 1.54) is 4.90 Å². The zero-order valence-corrected chi connectivity index (χ0v) is 11.0. The molecule has 1 aromatic carbocycles. The summed E-state index contributed by atoms with van der Waals surface area (Å²) in [5.74, 6) is 0. The van der Waals surface area contributed by atoms with Crippen molar-refractivity contribution in [3.8, 4) is 0 Å². The molecule has 0 spiro atoms. The topological polar surface area (TPSA) is 75.8 Å². The van der Waals surface area contributed by atoms with Gasteiger partial charge in [0, 0.05) is 11.4 Å². The molecule has 1 rings (SSSR count). The number of nitrogens with two attached hydrogens (primary N) is 1. The van der Waals surface area contributed by atoms with Crippen LogP contribution in [0.25, 0.3) is 0 Å². The van der Waals surface area contributed by atoms with Gasteiger partial charge < -0.3 is 15.6 Å². The van der Waals surface area contributed by atoms with Crippen molar-refractivity contribution in [2.45, 2.75) is 26.4 Å². The van der Waals surface area contributed by atoms with Crippen LogP contribution < -0.4 is 10.6 Å². The van der Waals surface area contributed by atoms with Gasteiger partial charge in [-0.15, -0.1) is 0 Å². The number of amides is 1. The third-order valence-corrected chi connectivity index (χ3v) is 2.14. The van der Waals surface area contributed by atoms with Crippen LogP contribution in [0.3, 0.4) is 0 Å². The lowest BCUT2D eigenvalue weighted by molar-refractivity contribution is 0.0573. The number of carbonyl (C=O) groups excluding carboxylic acids is 1. The molecular weight excluding hydrogens is 232 g/mol. The maximum Gasteiger partial charge on any atom is 0.414 e. The zero-order valence-electron chi connectivity index (χ0n) is 11.0. The van der Waals surface area contributed by atoms with Crippen LogP contribution in [0.15, 0.2) is 24.3 Å². The number of nitrogen functional groups attached to an aromatic ring is 1. The summed E-state index contributed by atoms with van der Waals surface area (Å²) in [5, 5.41) is 9.03. The summed E-state index contributed by atoms with van der Waals surface area (Å²) < 4.78 is 5.28. The molecule has 0 aromatic heterocycles. The molecule has 0 radical (unpaired) electrons. The second kappa shape index (κ2) is 5.73. The van der Waals surface area contributed by atoms with E-state index in [0.717, 1.165) is 0 Å². The molecule has 0 aliphatic carbocycles.